The number of rotatable bonds is 6. The summed E-state index contributed by atoms with van der Waals surface area (Å²) in [5.41, 5.74) is 0.177. The molecule has 1 heterocycles. The first-order chi connectivity index (χ1) is 8.78. The molecule has 2 N–H and O–H groups in total. The van der Waals surface area contributed by atoms with Crippen LogP contribution in [0.4, 0.5) is 0 Å². The van der Waals surface area contributed by atoms with Gasteiger partial charge in [-0.25, -0.2) is 0 Å². The van der Waals surface area contributed by atoms with Gasteiger partial charge in [0.15, 0.2) is 0 Å². The zero-order valence-electron chi connectivity index (χ0n) is 13.3. The molecule has 0 radical (unpaired) electrons. The van der Waals surface area contributed by atoms with Gasteiger partial charge < -0.3 is 15.2 Å². The molecule has 2 unspecified atom stereocenters. The van der Waals surface area contributed by atoms with Crippen molar-refractivity contribution >= 4 is 0 Å². The van der Waals surface area contributed by atoms with Gasteiger partial charge in [-0.15, -0.1) is 0 Å². The summed E-state index contributed by atoms with van der Waals surface area (Å²) in [5, 5.41) is 13.3. The standard InChI is InChI=1S/C15H32N2O2/c1-12(2)17-6-7-19-14(11-17)10-16-9-13(18)8-15(3,4)5/h12-14,16,18H,6-11H2,1-5H3. The van der Waals surface area contributed by atoms with Gasteiger partial charge in [-0.2, -0.15) is 0 Å². The molecular weight excluding hydrogens is 240 g/mol. The zero-order valence-corrected chi connectivity index (χ0v) is 13.3. The third kappa shape index (κ3) is 7.25. The van der Waals surface area contributed by atoms with Gasteiger partial charge in [0.05, 0.1) is 18.8 Å². The topological polar surface area (TPSA) is 44.7 Å². The number of nitrogens with one attached hydrogen (secondary N) is 1. The molecule has 1 aliphatic rings. The van der Waals surface area contributed by atoms with Gasteiger partial charge in [-0.05, 0) is 25.7 Å². The molecule has 2 atom stereocenters. The Labute approximate surface area is 118 Å². The van der Waals surface area contributed by atoms with Crippen LogP contribution in [0.3, 0.4) is 0 Å². The van der Waals surface area contributed by atoms with Gasteiger partial charge in [0, 0.05) is 32.2 Å². The molecular formula is C15H32N2O2. The molecule has 0 aliphatic carbocycles. The second-order valence-corrected chi connectivity index (χ2v) is 7.16. The van der Waals surface area contributed by atoms with Crippen molar-refractivity contribution in [2.75, 3.05) is 32.8 Å². The first kappa shape index (κ1) is 16.9. The molecule has 0 aromatic carbocycles. The van der Waals surface area contributed by atoms with E-state index in [1.165, 1.54) is 0 Å². The van der Waals surface area contributed by atoms with Crippen LogP contribution in [0.15, 0.2) is 0 Å². The van der Waals surface area contributed by atoms with Gasteiger partial charge in [0.25, 0.3) is 0 Å². The Morgan fingerprint density at radius 3 is 2.63 bits per heavy atom. The van der Waals surface area contributed by atoms with E-state index in [0.717, 1.165) is 32.7 Å². The van der Waals surface area contributed by atoms with Crippen molar-refractivity contribution in [1.82, 2.24) is 10.2 Å². The van der Waals surface area contributed by atoms with Crippen molar-refractivity contribution in [1.29, 1.82) is 0 Å². The van der Waals surface area contributed by atoms with E-state index in [9.17, 15) is 5.11 Å². The van der Waals surface area contributed by atoms with E-state index in [2.05, 4.69) is 44.8 Å². The van der Waals surface area contributed by atoms with Crippen LogP contribution < -0.4 is 5.32 Å². The molecule has 0 saturated carbocycles. The van der Waals surface area contributed by atoms with Gasteiger partial charge in [0.1, 0.15) is 0 Å². The lowest BCUT2D eigenvalue weighted by molar-refractivity contribution is -0.0381. The van der Waals surface area contributed by atoms with Crippen LogP contribution in [0, 0.1) is 5.41 Å². The summed E-state index contributed by atoms with van der Waals surface area (Å²) in [7, 11) is 0. The SMILES string of the molecule is CC(C)N1CCOC(CNCC(O)CC(C)(C)C)C1. The molecule has 19 heavy (non-hydrogen) atoms. The van der Waals surface area contributed by atoms with Crippen LogP contribution in [-0.4, -0.2) is 61.0 Å². The third-order valence-corrected chi connectivity index (χ3v) is 3.50. The van der Waals surface area contributed by atoms with Gasteiger partial charge in [-0.3, -0.25) is 4.90 Å². The molecule has 1 rings (SSSR count). The normalized spacial score (nSPS) is 23.8. The first-order valence-corrected chi connectivity index (χ1v) is 7.52. The van der Waals surface area contributed by atoms with Crippen LogP contribution in [-0.2, 0) is 4.74 Å². The van der Waals surface area contributed by atoms with Crippen LogP contribution in [0.25, 0.3) is 0 Å². The average molecular weight is 272 g/mol. The maximum absolute atomic E-state index is 9.94. The van der Waals surface area contributed by atoms with Crippen LogP contribution in [0.1, 0.15) is 41.0 Å². The van der Waals surface area contributed by atoms with E-state index >= 15 is 0 Å². The maximum Gasteiger partial charge on any atom is 0.0826 e. The maximum atomic E-state index is 9.94. The quantitative estimate of drug-likeness (QED) is 0.769. The van der Waals surface area contributed by atoms with Crippen molar-refractivity contribution in [3.63, 3.8) is 0 Å². The summed E-state index contributed by atoms with van der Waals surface area (Å²) in [6, 6.07) is 0.581. The Morgan fingerprint density at radius 2 is 2.05 bits per heavy atom. The highest BCUT2D eigenvalue weighted by Gasteiger charge is 2.22. The van der Waals surface area contributed by atoms with E-state index in [-0.39, 0.29) is 17.6 Å². The number of nitrogens with zero attached hydrogens (tertiary/aromatic N) is 1. The lowest BCUT2D eigenvalue weighted by atomic mass is 9.89. The molecule has 4 nitrogen and oxygen atoms in total. The first-order valence-electron chi connectivity index (χ1n) is 7.52. The molecule has 114 valence electrons. The number of aliphatic hydroxyl groups is 1. The molecule has 0 aromatic heterocycles. The Hall–Kier alpha value is -0.160. The van der Waals surface area contributed by atoms with E-state index in [0.29, 0.717) is 12.6 Å². The van der Waals surface area contributed by atoms with Crippen LogP contribution >= 0.6 is 0 Å². The van der Waals surface area contributed by atoms with Gasteiger partial charge in [0.2, 0.25) is 0 Å². The Morgan fingerprint density at radius 1 is 1.37 bits per heavy atom. The van der Waals surface area contributed by atoms with Gasteiger partial charge in [-0.1, -0.05) is 20.8 Å². The lowest BCUT2D eigenvalue weighted by Gasteiger charge is -2.35. The van der Waals surface area contributed by atoms with Crippen LogP contribution in [0.5, 0.6) is 0 Å². The second-order valence-electron chi connectivity index (χ2n) is 7.16. The summed E-state index contributed by atoms with van der Waals surface area (Å²) < 4.78 is 5.76. The predicted octanol–water partition coefficient (Wildman–Crippen LogP) is 1.48. The number of ether oxygens (including phenoxy) is 1. The molecule has 4 heteroatoms. The number of morpholine rings is 1. The smallest absolute Gasteiger partial charge is 0.0826 e. The highest BCUT2D eigenvalue weighted by Crippen LogP contribution is 2.20. The fourth-order valence-corrected chi connectivity index (χ4v) is 2.52. The largest absolute Gasteiger partial charge is 0.392 e. The molecule has 0 amide bonds. The van der Waals surface area contributed by atoms with E-state index in [1.807, 2.05) is 0 Å². The zero-order chi connectivity index (χ0) is 14.5. The van der Waals surface area contributed by atoms with Crippen molar-refractivity contribution in [3.05, 3.63) is 0 Å². The van der Waals surface area contributed by atoms with E-state index in [4.69, 9.17) is 4.74 Å². The van der Waals surface area contributed by atoms with Crippen molar-refractivity contribution < 1.29 is 9.84 Å². The lowest BCUT2D eigenvalue weighted by Crippen LogP contribution is -2.49. The summed E-state index contributed by atoms with van der Waals surface area (Å²) in [6.45, 7) is 15.2. The average Bonchev–Trinajstić information content (AvgIpc) is 2.27. The Bertz CT molecular complexity index is 251. The predicted molar refractivity (Wildman–Crippen MR) is 79.4 cm³/mol. The third-order valence-electron chi connectivity index (χ3n) is 3.50. The van der Waals surface area contributed by atoms with Crippen molar-refractivity contribution in [2.45, 2.75) is 59.3 Å². The van der Waals surface area contributed by atoms with E-state index < -0.39 is 0 Å². The fraction of sp³-hybridized carbons (Fsp3) is 1.00. The molecule has 0 bridgehead atoms. The number of hydrogen-bond acceptors (Lipinski definition) is 4. The van der Waals surface area contributed by atoms with Crippen molar-refractivity contribution in [2.24, 2.45) is 5.41 Å². The minimum atomic E-state index is -0.273. The molecule has 1 fully saturated rings. The minimum absolute atomic E-state index is 0.177. The van der Waals surface area contributed by atoms with Gasteiger partial charge >= 0.3 is 0 Å². The summed E-state index contributed by atoms with van der Waals surface area (Å²) >= 11 is 0. The Balaban J connectivity index is 2.18. The highest BCUT2D eigenvalue weighted by atomic mass is 16.5. The number of aliphatic hydroxyl groups excluding tert-OH is 1. The molecule has 0 spiro atoms. The second kappa shape index (κ2) is 7.58. The summed E-state index contributed by atoms with van der Waals surface area (Å²) in [5.74, 6) is 0. The monoisotopic (exact) mass is 272 g/mol. The van der Waals surface area contributed by atoms with Crippen LogP contribution in [0.2, 0.25) is 0 Å². The minimum Gasteiger partial charge on any atom is -0.392 e. The summed E-state index contributed by atoms with van der Waals surface area (Å²) in [6.07, 6.45) is 0.798. The fourth-order valence-electron chi connectivity index (χ4n) is 2.52. The molecule has 1 aliphatic heterocycles. The number of hydrogen-bond donors (Lipinski definition) is 2. The van der Waals surface area contributed by atoms with E-state index in [1.54, 1.807) is 0 Å². The molecule has 1 saturated heterocycles. The highest BCUT2D eigenvalue weighted by molar-refractivity contribution is 4.77. The Kier molecular flexibility index (Phi) is 6.74. The molecule has 0 aromatic rings. The summed E-state index contributed by atoms with van der Waals surface area (Å²) in [4.78, 5) is 2.45. The van der Waals surface area contributed by atoms with Crippen molar-refractivity contribution in [3.8, 4) is 0 Å².